The third-order valence-electron chi connectivity index (χ3n) is 2.81. The summed E-state index contributed by atoms with van der Waals surface area (Å²) in [6, 6.07) is 7.93. The largest absolute Gasteiger partial charge is 0.440 e. The van der Waals surface area contributed by atoms with Gasteiger partial charge in [-0.05, 0) is 25.0 Å². The van der Waals surface area contributed by atoms with E-state index in [-0.39, 0.29) is 5.41 Å². The van der Waals surface area contributed by atoms with Crippen LogP contribution in [0.2, 0.25) is 0 Å². The summed E-state index contributed by atoms with van der Waals surface area (Å²) in [5.74, 6) is 0.911. The Morgan fingerprint density at radius 3 is 2.77 bits per heavy atom. The molecule has 0 spiro atoms. The van der Waals surface area contributed by atoms with E-state index in [0.29, 0.717) is 0 Å². The van der Waals surface area contributed by atoms with Crippen LogP contribution >= 0.6 is 0 Å². The molecule has 3 rings (SSSR count). The molecule has 0 N–H and O–H groups in total. The number of rotatable bonds is 1. The Morgan fingerprint density at radius 2 is 2.08 bits per heavy atom. The predicted molar refractivity (Wildman–Crippen MR) is 50.6 cm³/mol. The first-order chi connectivity index (χ1) is 6.28. The predicted octanol–water partition coefficient (Wildman–Crippen LogP) is 2.88. The van der Waals surface area contributed by atoms with Gasteiger partial charge in [0.25, 0.3) is 0 Å². The van der Waals surface area contributed by atoms with E-state index in [2.05, 4.69) is 11.9 Å². The van der Waals surface area contributed by atoms with Gasteiger partial charge >= 0.3 is 0 Å². The fourth-order valence-corrected chi connectivity index (χ4v) is 1.53. The van der Waals surface area contributed by atoms with Crippen molar-refractivity contribution in [2.75, 3.05) is 0 Å². The van der Waals surface area contributed by atoms with Gasteiger partial charge in [0.2, 0.25) is 5.89 Å². The van der Waals surface area contributed by atoms with Crippen LogP contribution in [0.15, 0.2) is 28.7 Å². The Bertz CT molecular complexity index is 421. The molecule has 0 atom stereocenters. The number of benzene rings is 1. The number of oxazole rings is 1. The molecule has 0 amide bonds. The Balaban J connectivity index is 2.22. The second-order valence-corrected chi connectivity index (χ2v) is 4.05. The van der Waals surface area contributed by atoms with Crippen molar-refractivity contribution in [2.45, 2.75) is 25.2 Å². The molecule has 2 nitrogen and oxygen atoms in total. The SMILES string of the molecule is CC1(c2nc3ccccc3o2)CC1. The van der Waals surface area contributed by atoms with Crippen LogP contribution in [-0.2, 0) is 5.41 Å². The molecule has 1 heterocycles. The van der Waals surface area contributed by atoms with Crippen molar-refractivity contribution in [3.63, 3.8) is 0 Å². The van der Waals surface area contributed by atoms with E-state index in [9.17, 15) is 0 Å². The smallest absolute Gasteiger partial charge is 0.201 e. The molecule has 0 bridgehead atoms. The number of hydrogen-bond acceptors (Lipinski definition) is 2. The normalized spacial score (nSPS) is 19.2. The fourth-order valence-electron chi connectivity index (χ4n) is 1.53. The standard InChI is InChI=1S/C11H11NO/c1-11(6-7-11)10-12-8-4-2-3-5-9(8)13-10/h2-5H,6-7H2,1H3. The molecule has 0 unspecified atom stereocenters. The lowest BCUT2D eigenvalue weighted by molar-refractivity contribution is 0.477. The lowest BCUT2D eigenvalue weighted by Crippen LogP contribution is -1.98. The third kappa shape index (κ3) is 0.981. The minimum absolute atomic E-state index is 0.235. The van der Waals surface area contributed by atoms with E-state index in [0.717, 1.165) is 17.0 Å². The van der Waals surface area contributed by atoms with Crippen LogP contribution in [0.4, 0.5) is 0 Å². The number of aromatic nitrogens is 1. The Morgan fingerprint density at radius 1 is 1.31 bits per heavy atom. The molecule has 1 aliphatic rings. The van der Waals surface area contributed by atoms with E-state index in [1.807, 2.05) is 24.3 Å². The van der Waals surface area contributed by atoms with Crippen LogP contribution in [-0.4, -0.2) is 4.98 Å². The van der Waals surface area contributed by atoms with Crippen molar-refractivity contribution in [3.8, 4) is 0 Å². The molecule has 0 radical (unpaired) electrons. The van der Waals surface area contributed by atoms with Gasteiger partial charge in [0.15, 0.2) is 5.58 Å². The molecular weight excluding hydrogens is 162 g/mol. The zero-order valence-electron chi connectivity index (χ0n) is 7.58. The topological polar surface area (TPSA) is 26.0 Å². The summed E-state index contributed by atoms with van der Waals surface area (Å²) in [6.07, 6.45) is 2.42. The number of nitrogens with zero attached hydrogens (tertiary/aromatic N) is 1. The minimum atomic E-state index is 0.235. The van der Waals surface area contributed by atoms with Crippen molar-refractivity contribution in [1.82, 2.24) is 4.98 Å². The lowest BCUT2D eigenvalue weighted by atomic mass is 10.1. The molecular formula is C11H11NO. The number of fused-ring (bicyclic) bond motifs is 1. The molecule has 66 valence electrons. The molecule has 1 fully saturated rings. The Labute approximate surface area is 76.6 Å². The highest BCUT2D eigenvalue weighted by Crippen LogP contribution is 2.47. The van der Waals surface area contributed by atoms with Gasteiger partial charge < -0.3 is 4.42 Å². The van der Waals surface area contributed by atoms with E-state index in [1.165, 1.54) is 12.8 Å². The maximum Gasteiger partial charge on any atom is 0.201 e. The monoisotopic (exact) mass is 173 g/mol. The Hall–Kier alpha value is -1.31. The van der Waals surface area contributed by atoms with Gasteiger partial charge in [-0.2, -0.15) is 0 Å². The van der Waals surface area contributed by atoms with Gasteiger partial charge in [0.1, 0.15) is 5.52 Å². The number of para-hydroxylation sites is 2. The molecule has 1 aliphatic carbocycles. The summed E-state index contributed by atoms with van der Waals surface area (Å²) in [5.41, 5.74) is 2.12. The van der Waals surface area contributed by atoms with Crippen LogP contribution in [0.3, 0.4) is 0 Å². The van der Waals surface area contributed by atoms with Crippen molar-refractivity contribution in [3.05, 3.63) is 30.2 Å². The molecule has 2 aromatic rings. The average Bonchev–Trinajstić information content (AvgIpc) is 2.76. The summed E-state index contributed by atoms with van der Waals surface area (Å²) in [7, 11) is 0. The zero-order chi connectivity index (χ0) is 8.89. The van der Waals surface area contributed by atoms with Crippen LogP contribution in [0.25, 0.3) is 11.1 Å². The number of hydrogen-bond donors (Lipinski definition) is 0. The quantitative estimate of drug-likeness (QED) is 0.662. The maximum atomic E-state index is 5.68. The van der Waals surface area contributed by atoms with Crippen LogP contribution in [0, 0.1) is 0 Å². The van der Waals surface area contributed by atoms with Gasteiger partial charge in [0, 0.05) is 5.41 Å². The van der Waals surface area contributed by atoms with E-state index < -0.39 is 0 Å². The van der Waals surface area contributed by atoms with Crippen LogP contribution in [0.1, 0.15) is 25.7 Å². The molecule has 0 aliphatic heterocycles. The molecule has 13 heavy (non-hydrogen) atoms. The highest BCUT2D eigenvalue weighted by atomic mass is 16.3. The van der Waals surface area contributed by atoms with Crippen molar-refractivity contribution in [1.29, 1.82) is 0 Å². The second-order valence-electron chi connectivity index (χ2n) is 4.05. The third-order valence-corrected chi connectivity index (χ3v) is 2.81. The Kier molecular flexibility index (Phi) is 1.17. The van der Waals surface area contributed by atoms with Crippen molar-refractivity contribution >= 4 is 11.1 Å². The molecule has 1 aromatic carbocycles. The molecule has 1 saturated carbocycles. The van der Waals surface area contributed by atoms with Crippen molar-refractivity contribution < 1.29 is 4.42 Å². The van der Waals surface area contributed by atoms with E-state index in [1.54, 1.807) is 0 Å². The first-order valence-corrected chi connectivity index (χ1v) is 4.64. The van der Waals surface area contributed by atoms with Gasteiger partial charge in [-0.1, -0.05) is 19.1 Å². The van der Waals surface area contributed by atoms with E-state index >= 15 is 0 Å². The van der Waals surface area contributed by atoms with Crippen LogP contribution < -0.4 is 0 Å². The van der Waals surface area contributed by atoms with Gasteiger partial charge in [-0.15, -0.1) is 0 Å². The van der Waals surface area contributed by atoms with Crippen molar-refractivity contribution in [2.24, 2.45) is 0 Å². The highest BCUT2D eigenvalue weighted by molar-refractivity contribution is 5.72. The molecule has 2 heteroatoms. The molecule has 1 aromatic heterocycles. The second kappa shape index (κ2) is 2.13. The zero-order valence-corrected chi connectivity index (χ0v) is 7.58. The minimum Gasteiger partial charge on any atom is -0.440 e. The van der Waals surface area contributed by atoms with Crippen LogP contribution in [0.5, 0.6) is 0 Å². The first-order valence-electron chi connectivity index (χ1n) is 4.64. The van der Waals surface area contributed by atoms with Gasteiger partial charge in [-0.3, -0.25) is 0 Å². The molecule has 0 saturated heterocycles. The summed E-state index contributed by atoms with van der Waals surface area (Å²) < 4.78 is 5.68. The fraction of sp³-hybridized carbons (Fsp3) is 0.364. The summed E-state index contributed by atoms with van der Waals surface area (Å²) in [5, 5.41) is 0. The summed E-state index contributed by atoms with van der Waals surface area (Å²) >= 11 is 0. The van der Waals surface area contributed by atoms with E-state index in [4.69, 9.17) is 4.42 Å². The average molecular weight is 173 g/mol. The highest BCUT2D eigenvalue weighted by Gasteiger charge is 2.43. The summed E-state index contributed by atoms with van der Waals surface area (Å²) in [6.45, 7) is 2.21. The van der Waals surface area contributed by atoms with Gasteiger partial charge in [-0.25, -0.2) is 4.98 Å². The van der Waals surface area contributed by atoms with Gasteiger partial charge in [0.05, 0.1) is 0 Å². The first kappa shape index (κ1) is 7.13. The summed E-state index contributed by atoms with van der Waals surface area (Å²) in [4.78, 5) is 4.48. The maximum absolute atomic E-state index is 5.68. The lowest BCUT2D eigenvalue weighted by Gasteiger charge is -1.98.